The summed E-state index contributed by atoms with van der Waals surface area (Å²) in [5.41, 5.74) is 3.60. The molecule has 17 heavy (non-hydrogen) atoms. The van der Waals surface area contributed by atoms with E-state index in [1.54, 1.807) is 6.07 Å². The van der Waals surface area contributed by atoms with Crippen LogP contribution in [0.1, 0.15) is 15.9 Å². The molecule has 1 aliphatic rings. The Balaban J connectivity index is 2.40. The number of rotatable bonds is 1. The van der Waals surface area contributed by atoms with Gasteiger partial charge < -0.3 is 5.11 Å². The van der Waals surface area contributed by atoms with Gasteiger partial charge in [0.1, 0.15) is 0 Å². The standard InChI is InChI=1S/C15H10O2/c1-9-11(15(16)17)6-7-13-12-5-3-2-4-10(12)8-14(9)13/h2-8H,1H2,(H,16,17). The Kier molecular flexibility index (Phi) is 1.92. The molecule has 2 aromatic rings. The van der Waals surface area contributed by atoms with Crippen molar-refractivity contribution in [2.75, 3.05) is 0 Å². The molecule has 2 aromatic carbocycles. The van der Waals surface area contributed by atoms with E-state index in [0.29, 0.717) is 5.22 Å². The van der Waals surface area contributed by atoms with E-state index >= 15 is 0 Å². The van der Waals surface area contributed by atoms with Crippen LogP contribution in [-0.2, 0) is 0 Å². The van der Waals surface area contributed by atoms with Gasteiger partial charge in [-0.2, -0.15) is 0 Å². The summed E-state index contributed by atoms with van der Waals surface area (Å²) < 4.78 is 0. The zero-order valence-electron chi connectivity index (χ0n) is 9.10. The summed E-state index contributed by atoms with van der Waals surface area (Å²) in [5, 5.41) is 10.6. The maximum atomic E-state index is 11.0. The first kappa shape index (κ1) is 9.85. The number of carbonyl (C=O) groups is 1. The van der Waals surface area contributed by atoms with Crippen molar-refractivity contribution in [3.05, 3.63) is 58.0 Å². The van der Waals surface area contributed by atoms with Crippen LogP contribution in [0.2, 0.25) is 0 Å². The monoisotopic (exact) mass is 222 g/mol. The van der Waals surface area contributed by atoms with Crippen molar-refractivity contribution >= 4 is 18.6 Å². The lowest BCUT2D eigenvalue weighted by Crippen LogP contribution is -2.29. The van der Waals surface area contributed by atoms with Crippen molar-refractivity contribution in [1.82, 2.24) is 0 Å². The van der Waals surface area contributed by atoms with Crippen LogP contribution in [0.5, 0.6) is 0 Å². The van der Waals surface area contributed by atoms with Crippen LogP contribution in [0, 0.1) is 0 Å². The fourth-order valence-corrected chi connectivity index (χ4v) is 2.29. The lowest BCUT2D eigenvalue weighted by molar-refractivity contribution is 0.0695. The van der Waals surface area contributed by atoms with Crippen LogP contribution in [0.25, 0.3) is 23.8 Å². The van der Waals surface area contributed by atoms with Gasteiger partial charge in [-0.1, -0.05) is 36.9 Å². The Labute approximate surface area is 98.2 Å². The SMILES string of the molecule is C=c1c(C(=O)O)ccc2c1=Cc1ccccc1-2. The fraction of sp³-hybridized carbons (Fsp3) is 0. The minimum atomic E-state index is -0.929. The third-order valence-electron chi connectivity index (χ3n) is 3.14. The molecule has 3 rings (SSSR count). The van der Waals surface area contributed by atoms with Gasteiger partial charge in [0.15, 0.2) is 0 Å². The molecule has 82 valence electrons. The van der Waals surface area contributed by atoms with Gasteiger partial charge in [0.25, 0.3) is 0 Å². The second-order valence-electron chi connectivity index (χ2n) is 4.09. The molecule has 0 radical (unpaired) electrons. The van der Waals surface area contributed by atoms with Crippen LogP contribution >= 0.6 is 0 Å². The molecule has 0 amide bonds. The lowest BCUT2D eigenvalue weighted by atomic mass is 10.0. The Morgan fingerprint density at radius 3 is 2.59 bits per heavy atom. The number of hydrogen-bond acceptors (Lipinski definition) is 1. The molecule has 0 fully saturated rings. The molecule has 0 bridgehead atoms. The predicted molar refractivity (Wildman–Crippen MR) is 67.2 cm³/mol. The first-order valence-electron chi connectivity index (χ1n) is 5.35. The van der Waals surface area contributed by atoms with Crippen molar-refractivity contribution in [3.8, 4) is 11.1 Å². The molecular weight excluding hydrogens is 212 g/mol. The van der Waals surface area contributed by atoms with Crippen LogP contribution < -0.4 is 10.4 Å². The largest absolute Gasteiger partial charge is 0.478 e. The third-order valence-corrected chi connectivity index (χ3v) is 3.14. The first-order chi connectivity index (χ1) is 8.18. The highest BCUT2D eigenvalue weighted by Crippen LogP contribution is 2.25. The Morgan fingerprint density at radius 1 is 1.06 bits per heavy atom. The van der Waals surface area contributed by atoms with Gasteiger partial charge in [-0.15, -0.1) is 0 Å². The van der Waals surface area contributed by atoms with Crippen molar-refractivity contribution in [2.45, 2.75) is 0 Å². The summed E-state index contributed by atoms with van der Waals surface area (Å²) in [6.07, 6.45) is 2.00. The fourth-order valence-electron chi connectivity index (χ4n) is 2.29. The van der Waals surface area contributed by atoms with E-state index in [0.717, 1.165) is 21.9 Å². The minimum absolute atomic E-state index is 0.271. The number of benzene rings is 2. The highest BCUT2D eigenvalue weighted by atomic mass is 16.4. The lowest BCUT2D eigenvalue weighted by Gasteiger charge is -2.01. The van der Waals surface area contributed by atoms with E-state index in [9.17, 15) is 4.79 Å². The van der Waals surface area contributed by atoms with Crippen molar-refractivity contribution in [3.63, 3.8) is 0 Å². The number of aromatic carboxylic acids is 1. The summed E-state index contributed by atoms with van der Waals surface area (Å²) in [5.74, 6) is -0.929. The van der Waals surface area contributed by atoms with Crippen LogP contribution in [0.4, 0.5) is 0 Å². The van der Waals surface area contributed by atoms with E-state index in [-0.39, 0.29) is 5.56 Å². The predicted octanol–water partition coefficient (Wildman–Crippen LogP) is 1.60. The molecule has 1 aliphatic carbocycles. The van der Waals surface area contributed by atoms with Gasteiger partial charge in [-0.05, 0) is 39.3 Å². The maximum Gasteiger partial charge on any atom is 0.336 e. The highest BCUT2D eigenvalue weighted by molar-refractivity contribution is 5.91. The smallest absolute Gasteiger partial charge is 0.336 e. The van der Waals surface area contributed by atoms with Gasteiger partial charge in [0.05, 0.1) is 5.56 Å². The van der Waals surface area contributed by atoms with Gasteiger partial charge in [-0.3, -0.25) is 0 Å². The summed E-state index contributed by atoms with van der Waals surface area (Å²) in [7, 11) is 0. The minimum Gasteiger partial charge on any atom is -0.478 e. The normalized spacial score (nSPS) is 11.5. The maximum absolute atomic E-state index is 11.0. The van der Waals surface area contributed by atoms with Crippen molar-refractivity contribution < 1.29 is 9.90 Å². The second-order valence-corrected chi connectivity index (χ2v) is 4.09. The summed E-state index contributed by atoms with van der Waals surface area (Å²) in [6, 6.07) is 11.5. The van der Waals surface area contributed by atoms with Crippen LogP contribution in [-0.4, -0.2) is 11.1 Å². The molecule has 0 unspecified atom stereocenters. The Morgan fingerprint density at radius 2 is 1.82 bits per heavy atom. The summed E-state index contributed by atoms with van der Waals surface area (Å²) >= 11 is 0. The molecule has 2 nitrogen and oxygen atoms in total. The molecule has 0 aliphatic heterocycles. The van der Waals surface area contributed by atoms with Gasteiger partial charge in [-0.25, -0.2) is 4.79 Å². The topological polar surface area (TPSA) is 37.3 Å². The van der Waals surface area contributed by atoms with Crippen LogP contribution in [0.3, 0.4) is 0 Å². The Hall–Kier alpha value is -2.35. The average Bonchev–Trinajstić information content (AvgIpc) is 2.69. The molecule has 0 spiro atoms. The van der Waals surface area contributed by atoms with E-state index < -0.39 is 5.97 Å². The van der Waals surface area contributed by atoms with E-state index in [4.69, 9.17) is 5.11 Å². The zero-order chi connectivity index (χ0) is 12.0. The molecular formula is C15H10O2. The molecule has 0 atom stereocenters. The quantitative estimate of drug-likeness (QED) is 0.679. The molecule has 2 heteroatoms. The number of carboxylic acid groups (broad SMARTS) is 1. The van der Waals surface area contributed by atoms with Gasteiger partial charge in [0, 0.05) is 0 Å². The second kappa shape index (κ2) is 3.32. The molecule has 0 saturated carbocycles. The molecule has 1 N–H and O–H groups in total. The number of fused-ring (bicyclic) bond motifs is 3. The van der Waals surface area contributed by atoms with Crippen molar-refractivity contribution in [2.24, 2.45) is 0 Å². The highest BCUT2D eigenvalue weighted by Gasteiger charge is 2.14. The Bertz CT molecular complexity index is 742. The molecule has 0 saturated heterocycles. The number of hydrogen-bond donors (Lipinski definition) is 1. The van der Waals surface area contributed by atoms with E-state index in [2.05, 4.69) is 6.58 Å². The van der Waals surface area contributed by atoms with E-state index in [1.165, 1.54) is 0 Å². The average molecular weight is 222 g/mol. The van der Waals surface area contributed by atoms with Gasteiger partial charge in [0.2, 0.25) is 0 Å². The summed E-state index contributed by atoms with van der Waals surface area (Å²) in [4.78, 5) is 11.0. The van der Waals surface area contributed by atoms with Crippen LogP contribution in [0.15, 0.2) is 36.4 Å². The zero-order valence-corrected chi connectivity index (χ0v) is 9.10. The third kappa shape index (κ3) is 1.31. The van der Waals surface area contributed by atoms with Crippen molar-refractivity contribution in [1.29, 1.82) is 0 Å². The molecule has 0 aromatic heterocycles. The van der Waals surface area contributed by atoms with E-state index in [1.807, 2.05) is 36.4 Å². The molecule has 0 heterocycles. The summed E-state index contributed by atoms with van der Waals surface area (Å²) in [6.45, 7) is 3.88. The van der Waals surface area contributed by atoms with Gasteiger partial charge >= 0.3 is 5.97 Å². The number of carboxylic acids is 1. The first-order valence-corrected chi connectivity index (χ1v) is 5.35.